The largest absolute Gasteiger partial charge is 0.494 e. The van der Waals surface area contributed by atoms with Crippen LogP contribution >= 0.6 is 0 Å². The number of nitrogen functional groups attached to an aromatic ring is 1. The standard InChI is InChI=1S/C13H13FN4O2/c1-20-11-3-2-7(4-9(11)14)18-12-5-8(13(16)19)10(15)6-17-12/h2-6H,15H2,1H3,(H2,16,19)(H,17,18). The van der Waals surface area contributed by atoms with Crippen molar-refractivity contribution in [3.05, 3.63) is 41.8 Å². The summed E-state index contributed by atoms with van der Waals surface area (Å²) >= 11 is 0. The quantitative estimate of drug-likeness (QED) is 0.787. The number of nitrogens with zero attached hydrogens (tertiary/aromatic N) is 1. The molecule has 1 aromatic carbocycles. The average molecular weight is 276 g/mol. The molecule has 104 valence electrons. The van der Waals surface area contributed by atoms with Gasteiger partial charge in [-0.2, -0.15) is 0 Å². The number of carbonyl (C=O) groups is 1. The van der Waals surface area contributed by atoms with Crippen molar-refractivity contribution in [2.75, 3.05) is 18.2 Å². The maximum atomic E-state index is 13.5. The second-order valence-electron chi connectivity index (χ2n) is 4.00. The van der Waals surface area contributed by atoms with Gasteiger partial charge in [-0.25, -0.2) is 9.37 Å². The number of nitrogens with two attached hydrogens (primary N) is 2. The van der Waals surface area contributed by atoms with Gasteiger partial charge in [0.05, 0.1) is 24.6 Å². The van der Waals surface area contributed by atoms with E-state index in [-0.39, 0.29) is 17.0 Å². The Hall–Kier alpha value is -2.83. The minimum absolute atomic E-state index is 0.138. The molecule has 0 aliphatic carbocycles. The van der Waals surface area contributed by atoms with Gasteiger partial charge in [-0.1, -0.05) is 0 Å². The van der Waals surface area contributed by atoms with Crippen LogP contribution in [0.2, 0.25) is 0 Å². The molecule has 6 nitrogen and oxygen atoms in total. The third-order valence-electron chi connectivity index (χ3n) is 2.62. The molecule has 2 aromatic rings. The molecule has 5 N–H and O–H groups in total. The van der Waals surface area contributed by atoms with Gasteiger partial charge in [-0.15, -0.1) is 0 Å². The lowest BCUT2D eigenvalue weighted by Crippen LogP contribution is -2.14. The molecule has 0 fully saturated rings. The van der Waals surface area contributed by atoms with Crippen LogP contribution in [0.3, 0.4) is 0 Å². The first-order chi connectivity index (χ1) is 9.51. The molecule has 0 aliphatic rings. The van der Waals surface area contributed by atoms with Crippen LogP contribution in [0.1, 0.15) is 10.4 Å². The van der Waals surface area contributed by atoms with Crippen molar-refractivity contribution in [2.45, 2.75) is 0 Å². The van der Waals surface area contributed by atoms with Crippen molar-refractivity contribution in [1.82, 2.24) is 4.98 Å². The van der Waals surface area contributed by atoms with Gasteiger partial charge in [0.2, 0.25) is 0 Å². The molecule has 2 rings (SSSR count). The number of halogens is 1. The van der Waals surface area contributed by atoms with Gasteiger partial charge in [0, 0.05) is 11.8 Å². The van der Waals surface area contributed by atoms with Gasteiger partial charge in [0.25, 0.3) is 5.91 Å². The summed E-state index contributed by atoms with van der Waals surface area (Å²) in [7, 11) is 1.38. The number of amides is 1. The van der Waals surface area contributed by atoms with Crippen LogP contribution < -0.4 is 21.5 Å². The molecule has 0 bridgehead atoms. The third-order valence-corrected chi connectivity index (χ3v) is 2.62. The lowest BCUT2D eigenvalue weighted by molar-refractivity contribution is 0.100. The molecule has 0 saturated carbocycles. The monoisotopic (exact) mass is 276 g/mol. The molecule has 0 radical (unpaired) electrons. The summed E-state index contributed by atoms with van der Waals surface area (Å²) in [6, 6.07) is 5.74. The number of carbonyl (C=O) groups excluding carboxylic acids is 1. The Bertz CT molecular complexity index is 661. The van der Waals surface area contributed by atoms with E-state index in [4.69, 9.17) is 16.2 Å². The molecule has 1 aromatic heterocycles. The Balaban J connectivity index is 2.28. The van der Waals surface area contributed by atoms with Crippen LogP contribution in [0.25, 0.3) is 0 Å². The molecule has 0 aliphatic heterocycles. The second-order valence-corrected chi connectivity index (χ2v) is 4.00. The number of nitrogens with one attached hydrogen (secondary N) is 1. The van der Waals surface area contributed by atoms with Crippen LogP contribution in [-0.4, -0.2) is 18.0 Å². The molecule has 7 heteroatoms. The summed E-state index contributed by atoms with van der Waals surface area (Å²) in [5, 5.41) is 2.85. The minimum atomic E-state index is -0.658. The van der Waals surface area contributed by atoms with Crippen molar-refractivity contribution >= 4 is 23.1 Å². The Morgan fingerprint density at radius 2 is 2.15 bits per heavy atom. The van der Waals surface area contributed by atoms with E-state index < -0.39 is 11.7 Å². The summed E-state index contributed by atoms with van der Waals surface area (Å²) in [5.74, 6) is -0.701. The summed E-state index contributed by atoms with van der Waals surface area (Å²) in [5.41, 5.74) is 11.6. The molecular formula is C13H13FN4O2. The maximum Gasteiger partial charge on any atom is 0.250 e. The first-order valence-electron chi connectivity index (χ1n) is 5.67. The number of aromatic nitrogens is 1. The van der Waals surface area contributed by atoms with Crippen LogP contribution in [0.15, 0.2) is 30.5 Å². The number of methoxy groups -OCH3 is 1. The first-order valence-corrected chi connectivity index (χ1v) is 5.67. The van der Waals surface area contributed by atoms with Crippen molar-refractivity contribution in [3.63, 3.8) is 0 Å². The van der Waals surface area contributed by atoms with Crippen molar-refractivity contribution < 1.29 is 13.9 Å². The fourth-order valence-corrected chi connectivity index (χ4v) is 1.64. The summed E-state index contributed by atoms with van der Waals surface area (Å²) in [6.45, 7) is 0. The highest BCUT2D eigenvalue weighted by atomic mass is 19.1. The van der Waals surface area contributed by atoms with Crippen molar-refractivity contribution in [2.24, 2.45) is 5.73 Å². The molecule has 20 heavy (non-hydrogen) atoms. The smallest absolute Gasteiger partial charge is 0.250 e. The molecule has 1 heterocycles. The van der Waals surface area contributed by atoms with Gasteiger partial charge >= 0.3 is 0 Å². The number of benzene rings is 1. The van der Waals surface area contributed by atoms with Gasteiger partial charge in [0.15, 0.2) is 11.6 Å². The highest BCUT2D eigenvalue weighted by Crippen LogP contribution is 2.23. The van der Waals surface area contributed by atoms with E-state index in [0.717, 1.165) is 0 Å². The lowest BCUT2D eigenvalue weighted by atomic mass is 10.2. The number of ether oxygens (including phenoxy) is 1. The van der Waals surface area contributed by atoms with Crippen molar-refractivity contribution in [1.29, 1.82) is 0 Å². The predicted octanol–water partition coefficient (Wildman–Crippen LogP) is 1.65. The average Bonchev–Trinajstić information content (AvgIpc) is 2.41. The molecule has 0 spiro atoms. The number of hydrogen-bond acceptors (Lipinski definition) is 5. The molecule has 0 unspecified atom stereocenters. The van der Waals surface area contributed by atoms with Crippen LogP contribution in [0.4, 0.5) is 21.6 Å². The van der Waals surface area contributed by atoms with E-state index in [9.17, 15) is 9.18 Å². The first kappa shape index (κ1) is 13.6. The number of primary amides is 1. The summed E-state index contributed by atoms with van der Waals surface area (Å²) < 4.78 is 18.4. The number of pyridine rings is 1. The summed E-state index contributed by atoms with van der Waals surface area (Å²) in [6.07, 6.45) is 1.31. The van der Waals surface area contributed by atoms with Crippen LogP contribution in [0.5, 0.6) is 5.75 Å². The highest BCUT2D eigenvalue weighted by molar-refractivity contribution is 5.98. The SMILES string of the molecule is COc1ccc(Nc2cc(C(N)=O)c(N)cn2)cc1F. The number of rotatable bonds is 4. The Morgan fingerprint density at radius 3 is 2.75 bits per heavy atom. The van der Waals surface area contributed by atoms with E-state index >= 15 is 0 Å². The van der Waals surface area contributed by atoms with E-state index in [1.807, 2.05) is 0 Å². The molecular weight excluding hydrogens is 263 g/mol. The lowest BCUT2D eigenvalue weighted by Gasteiger charge is -2.09. The third kappa shape index (κ3) is 2.77. The maximum absolute atomic E-state index is 13.5. The van der Waals surface area contributed by atoms with Gasteiger partial charge in [0.1, 0.15) is 5.82 Å². The van der Waals surface area contributed by atoms with E-state index in [1.54, 1.807) is 6.07 Å². The number of anilines is 3. The molecule has 1 amide bonds. The Morgan fingerprint density at radius 1 is 1.40 bits per heavy atom. The van der Waals surface area contributed by atoms with E-state index in [0.29, 0.717) is 11.5 Å². The zero-order chi connectivity index (χ0) is 14.7. The van der Waals surface area contributed by atoms with Gasteiger partial charge < -0.3 is 21.5 Å². The zero-order valence-electron chi connectivity index (χ0n) is 10.7. The van der Waals surface area contributed by atoms with E-state index in [1.165, 1.54) is 31.5 Å². The fraction of sp³-hybridized carbons (Fsp3) is 0.0769. The zero-order valence-corrected chi connectivity index (χ0v) is 10.7. The summed E-state index contributed by atoms with van der Waals surface area (Å²) in [4.78, 5) is 15.2. The highest BCUT2D eigenvalue weighted by Gasteiger charge is 2.09. The van der Waals surface area contributed by atoms with Crippen LogP contribution in [0, 0.1) is 5.82 Å². The van der Waals surface area contributed by atoms with Gasteiger partial charge in [-0.05, 0) is 18.2 Å². The Kier molecular flexibility index (Phi) is 3.69. The number of hydrogen-bond donors (Lipinski definition) is 3. The second kappa shape index (κ2) is 5.43. The fourth-order valence-electron chi connectivity index (χ4n) is 1.64. The molecule has 0 saturated heterocycles. The minimum Gasteiger partial charge on any atom is -0.494 e. The topological polar surface area (TPSA) is 103 Å². The van der Waals surface area contributed by atoms with Crippen molar-refractivity contribution in [3.8, 4) is 5.75 Å². The van der Waals surface area contributed by atoms with E-state index in [2.05, 4.69) is 10.3 Å². The normalized spacial score (nSPS) is 10.1. The predicted molar refractivity (Wildman–Crippen MR) is 73.4 cm³/mol. The van der Waals surface area contributed by atoms with Gasteiger partial charge in [-0.3, -0.25) is 4.79 Å². The van der Waals surface area contributed by atoms with Crippen LogP contribution in [-0.2, 0) is 0 Å². The molecule has 0 atom stereocenters. The Labute approximate surface area is 114 Å².